The summed E-state index contributed by atoms with van der Waals surface area (Å²) in [7, 11) is 1.57. The summed E-state index contributed by atoms with van der Waals surface area (Å²) in [5, 5.41) is 17.1. The standard InChI is InChI=1S/C14H18N4O2.2C2HF3O2/c1-8-5-9(2)17-14(20-4)11(8)6-16-13(19)12-7-15-10(3)18-12;2*3-2(4,5)1(6)7/h5,7H,6H2,1-4H3,(H,15,18)(H,16,19);2*(H,6,7). The maximum atomic E-state index is 12.0. The highest BCUT2D eigenvalue weighted by atomic mass is 19.4. The van der Waals surface area contributed by atoms with Crippen molar-refractivity contribution >= 4 is 17.8 Å². The number of nitrogens with one attached hydrogen (secondary N) is 2. The molecule has 34 heavy (non-hydrogen) atoms. The molecule has 0 atom stereocenters. The molecule has 2 heterocycles. The van der Waals surface area contributed by atoms with Crippen LogP contribution >= 0.6 is 0 Å². The number of hydrogen-bond acceptors (Lipinski definition) is 6. The molecule has 10 nitrogen and oxygen atoms in total. The maximum absolute atomic E-state index is 12.0. The lowest BCUT2D eigenvalue weighted by Crippen LogP contribution is -2.24. The van der Waals surface area contributed by atoms with Gasteiger partial charge in [-0.3, -0.25) is 4.79 Å². The third-order valence-electron chi connectivity index (χ3n) is 3.49. The predicted octanol–water partition coefficient (Wildman–Crippen LogP) is 2.94. The van der Waals surface area contributed by atoms with Gasteiger partial charge in [-0.05, 0) is 32.4 Å². The van der Waals surface area contributed by atoms with Gasteiger partial charge in [0.2, 0.25) is 5.88 Å². The van der Waals surface area contributed by atoms with E-state index in [9.17, 15) is 31.1 Å². The molecule has 1 amide bonds. The van der Waals surface area contributed by atoms with E-state index >= 15 is 0 Å². The molecule has 2 aromatic rings. The van der Waals surface area contributed by atoms with Gasteiger partial charge >= 0.3 is 24.3 Å². The molecule has 2 aromatic heterocycles. The molecular formula is C18H20F6N4O6. The number of carboxylic acid groups (broad SMARTS) is 2. The van der Waals surface area contributed by atoms with Crippen LogP contribution in [0.3, 0.4) is 0 Å². The molecule has 0 aliphatic heterocycles. The number of aromatic amines is 1. The van der Waals surface area contributed by atoms with Crippen molar-refractivity contribution in [3.63, 3.8) is 0 Å². The van der Waals surface area contributed by atoms with Crippen LogP contribution in [0.25, 0.3) is 0 Å². The SMILES string of the molecule is COc1nc(C)cc(C)c1CNC(=O)c1cnc(C)[nH]1.O=C(O)C(F)(F)F.O=C(O)C(F)(F)F. The van der Waals surface area contributed by atoms with E-state index in [1.807, 2.05) is 19.9 Å². The number of alkyl halides is 6. The Balaban J connectivity index is 0.000000642. The number of ether oxygens (including phenoxy) is 1. The second-order valence-electron chi connectivity index (χ2n) is 6.24. The van der Waals surface area contributed by atoms with Gasteiger partial charge in [-0.15, -0.1) is 0 Å². The Morgan fingerprint density at radius 2 is 1.50 bits per heavy atom. The smallest absolute Gasteiger partial charge is 0.481 e. The third kappa shape index (κ3) is 10.6. The summed E-state index contributed by atoms with van der Waals surface area (Å²) in [6.45, 7) is 6.04. The van der Waals surface area contributed by atoms with Crippen LogP contribution < -0.4 is 10.1 Å². The molecule has 0 aromatic carbocycles. The van der Waals surface area contributed by atoms with Crippen LogP contribution in [0.1, 0.15) is 33.1 Å². The Bertz CT molecular complexity index is 980. The van der Waals surface area contributed by atoms with Crippen molar-refractivity contribution in [2.24, 2.45) is 0 Å². The molecular weight excluding hydrogens is 482 g/mol. The van der Waals surface area contributed by atoms with Crippen LogP contribution in [0.4, 0.5) is 26.3 Å². The van der Waals surface area contributed by atoms with Crippen LogP contribution in [0, 0.1) is 20.8 Å². The van der Waals surface area contributed by atoms with E-state index in [-0.39, 0.29) is 5.91 Å². The van der Waals surface area contributed by atoms with Gasteiger partial charge in [0.1, 0.15) is 11.5 Å². The van der Waals surface area contributed by atoms with Gasteiger partial charge in [-0.1, -0.05) is 0 Å². The molecule has 0 bridgehead atoms. The van der Waals surface area contributed by atoms with E-state index < -0.39 is 24.3 Å². The predicted molar refractivity (Wildman–Crippen MR) is 102 cm³/mol. The van der Waals surface area contributed by atoms with Crippen molar-refractivity contribution in [3.8, 4) is 5.88 Å². The first-order chi connectivity index (χ1) is 15.4. The first-order valence-corrected chi connectivity index (χ1v) is 8.81. The first-order valence-electron chi connectivity index (χ1n) is 8.81. The highest BCUT2D eigenvalue weighted by Crippen LogP contribution is 2.20. The van der Waals surface area contributed by atoms with E-state index in [0.717, 1.165) is 16.8 Å². The quantitative estimate of drug-likeness (QED) is 0.466. The van der Waals surface area contributed by atoms with Gasteiger partial charge in [0.25, 0.3) is 5.91 Å². The summed E-state index contributed by atoms with van der Waals surface area (Å²) in [5.74, 6) is -4.46. The Labute approximate surface area is 188 Å². The summed E-state index contributed by atoms with van der Waals surface area (Å²) in [4.78, 5) is 41.0. The van der Waals surface area contributed by atoms with Crippen LogP contribution in [0.15, 0.2) is 12.3 Å². The molecule has 16 heteroatoms. The van der Waals surface area contributed by atoms with E-state index in [0.29, 0.717) is 23.9 Å². The zero-order valence-electron chi connectivity index (χ0n) is 18.1. The average molecular weight is 502 g/mol. The second kappa shape index (κ2) is 12.4. The molecule has 0 saturated heterocycles. The molecule has 0 spiro atoms. The number of aromatic nitrogens is 3. The van der Waals surface area contributed by atoms with Gasteiger partial charge in [0.05, 0.1) is 13.3 Å². The number of imidazole rings is 1. The van der Waals surface area contributed by atoms with Crippen molar-refractivity contribution in [1.82, 2.24) is 20.3 Å². The Kier molecular flexibility index (Phi) is 11.0. The zero-order chi connectivity index (χ0) is 26.9. The van der Waals surface area contributed by atoms with E-state index in [4.69, 9.17) is 24.5 Å². The summed E-state index contributed by atoms with van der Waals surface area (Å²) in [6, 6.07) is 1.96. The summed E-state index contributed by atoms with van der Waals surface area (Å²) < 4.78 is 68.7. The van der Waals surface area contributed by atoms with Gasteiger partial charge < -0.3 is 25.3 Å². The van der Waals surface area contributed by atoms with Gasteiger partial charge in [0.15, 0.2) is 0 Å². The van der Waals surface area contributed by atoms with Crippen molar-refractivity contribution in [2.45, 2.75) is 39.7 Å². The van der Waals surface area contributed by atoms with Gasteiger partial charge in [0, 0.05) is 17.8 Å². The lowest BCUT2D eigenvalue weighted by atomic mass is 10.1. The third-order valence-corrected chi connectivity index (χ3v) is 3.49. The Morgan fingerprint density at radius 1 is 1.03 bits per heavy atom. The lowest BCUT2D eigenvalue weighted by Gasteiger charge is -2.12. The number of aliphatic carboxylic acids is 2. The molecule has 0 saturated carbocycles. The number of carboxylic acids is 2. The zero-order valence-corrected chi connectivity index (χ0v) is 18.1. The Hall–Kier alpha value is -3.85. The number of rotatable bonds is 4. The lowest BCUT2D eigenvalue weighted by molar-refractivity contribution is -0.193. The van der Waals surface area contributed by atoms with Crippen LogP contribution in [0.5, 0.6) is 5.88 Å². The highest BCUT2D eigenvalue weighted by Gasteiger charge is 2.38. The number of nitrogens with zero attached hydrogens (tertiary/aromatic N) is 2. The number of hydrogen-bond donors (Lipinski definition) is 4. The minimum absolute atomic E-state index is 0.201. The summed E-state index contributed by atoms with van der Waals surface area (Å²) in [6.07, 6.45) is -8.65. The van der Waals surface area contributed by atoms with Crippen molar-refractivity contribution < 1.29 is 55.7 Å². The fourth-order valence-corrected chi connectivity index (χ4v) is 2.01. The minimum atomic E-state index is -5.08. The monoisotopic (exact) mass is 502 g/mol. The average Bonchev–Trinajstić information content (AvgIpc) is 3.12. The number of amides is 1. The van der Waals surface area contributed by atoms with Crippen LogP contribution in [0.2, 0.25) is 0 Å². The summed E-state index contributed by atoms with van der Waals surface area (Å²) >= 11 is 0. The van der Waals surface area contributed by atoms with Crippen molar-refractivity contribution in [1.29, 1.82) is 0 Å². The molecule has 0 aliphatic carbocycles. The number of carbonyl (C=O) groups is 3. The van der Waals surface area contributed by atoms with Crippen molar-refractivity contribution in [2.75, 3.05) is 7.11 Å². The molecule has 4 N–H and O–H groups in total. The first kappa shape index (κ1) is 30.1. The fourth-order valence-electron chi connectivity index (χ4n) is 2.01. The number of methoxy groups -OCH3 is 1. The number of halogens is 6. The van der Waals surface area contributed by atoms with Gasteiger partial charge in [-0.2, -0.15) is 26.3 Å². The topological polar surface area (TPSA) is 154 Å². The van der Waals surface area contributed by atoms with E-state index in [1.54, 1.807) is 14.0 Å². The van der Waals surface area contributed by atoms with E-state index in [2.05, 4.69) is 20.3 Å². The number of H-pyrrole nitrogens is 1. The molecule has 190 valence electrons. The number of carbonyl (C=O) groups excluding carboxylic acids is 1. The normalized spacial score (nSPS) is 10.8. The largest absolute Gasteiger partial charge is 0.490 e. The number of aryl methyl sites for hydroxylation is 3. The molecule has 0 fully saturated rings. The van der Waals surface area contributed by atoms with Gasteiger partial charge in [-0.25, -0.2) is 19.6 Å². The number of pyridine rings is 1. The molecule has 0 unspecified atom stereocenters. The second-order valence-corrected chi connectivity index (χ2v) is 6.24. The Morgan fingerprint density at radius 3 is 1.85 bits per heavy atom. The fraction of sp³-hybridized carbons (Fsp3) is 0.389. The summed E-state index contributed by atoms with van der Waals surface area (Å²) in [5.41, 5.74) is 3.25. The highest BCUT2D eigenvalue weighted by molar-refractivity contribution is 5.92. The van der Waals surface area contributed by atoms with E-state index in [1.165, 1.54) is 6.20 Å². The van der Waals surface area contributed by atoms with Crippen LogP contribution in [-0.4, -0.2) is 62.5 Å². The minimum Gasteiger partial charge on any atom is -0.481 e. The maximum Gasteiger partial charge on any atom is 0.490 e. The molecule has 0 aliphatic rings. The van der Waals surface area contributed by atoms with Crippen molar-refractivity contribution in [3.05, 3.63) is 40.6 Å². The van der Waals surface area contributed by atoms with Crippen LogP contribution in [-0.2, 0) is 16.1 Å². The molecule has 2 rings (SSSR count). The molecule has 0 radical (unpaired) electrons.